The van der Waals surface area contributed by atoms with Crippen LogP contribution in [-0.2, 0) is 5.41 Å². The van der Waals surface area contributed by atoms with Gasteiger partial charge in [-0.2, -0.15) is 0 Å². The van der Waals surface area contributed by atoms with Gasteiger partial charge in [0.2, 0.25) is 0 Å². The minimum absolute atomic E-state index is 0.492. The average molecular weight is 225 g/mol. The average Bonchev–Trinajstić information content (AvgIpc) is 2.67. The SMILES string of the molecule is CC(F)(F)C1(c2ccccc2N)CCCC1. The van der Waals surface area contributed by atoms with E-state index in [2.05, 4.69) is 0 Å². The van der Waals surface area contributed by atoms with Crippen LogP contribution >= 0.6 is 0 Å². The fourth-order valence-corrected chi connectivity index (χ4v) is 2.86. The number of rotatable bonds is 2. The summed E-state index contributed by atoms with van der Waals surface area (Å²) in [5.74, 6) is -2.71. The predicted molar refractivity (Wildman–Crippen MR) is 61.6 cm³/mol. The maximum absolute atomic E-state index is 13.9. The molecule has 0 atom stereocenters. The lowest BCUT2D eigenvalue weighted by Crippen LogP contribution is -2.41. The highest BCUT2D eigenvalue weighted by molar-refractivity contribution is 5.52. The second-order valence-corrected chi connectivity index (χ2v) is 4.76. The molecule has 0 unspecified atom stereocenters. The highest BCUT2D eigenvalue weighted by atomic mass is 19.3. The monoisotopic (exact) mass is 225 g/mol. The van der Waals surface area contributed by atoms with Crippen molar-refractivity contribution in [2.24, 2.45) is 0 Å². The number of halogens is 2. The molecule has 1 aliphatic rings. The third-order valence-corrected chi connectivity index (χ3v) is 3.77. The lowest BCUT2D eigenvalue weighted by Gasteiger charge is -2.36. The van der Waals surface area contributed by atoms with Crippen molar-refractivity contribution < 1.29 is 8.78 Å². The third kappa shape index (κ3) is 1.58. The van der Waals surface area contributed by atoms with Gasteiger partial charge in [0.05, 0.1) is 5.41 Å². The summed E-state index contributed by atoms with van der Waals surface area (Å²) < 4.78 is 27.8. The van der Waals surface area contributed by atoms with E-state index in [-0.39, 0.29) is 0 Å². The molecular weight excluding hydrogens is 208 g/mol. The molecule has 0 bridgehead atoms. The lowest BCUT2D eigenvalue weighted by molar-refractivity contribution is -0.0596. The molecule has 0 aliphatic heterocycles. The smallest absolute Gasteiger partial charge is 0.254 e. The largest absolute Gasteiger partial charge is 0.398 e. The van der Waals surface area contributed by atoms with Crippen molar-refractivity contribution >= 4 is 5.69 Å². The molecule has 16 heavy (non-hydrogen) atoms. The normalized spacial score (nSPS) is 19.9. The van der Waals surface area contributed by atoms with Gasteiger partial charge >= 0.3 is 0 Å². The van der Waals surface area contributed by atoms with Crippen LogP contribution in [0.25, 0.3) is 0 Å². The van der Waals surface area contributed by atoms with Crippen LogP contribution in [0.15, 0.2) is 24.3 Å². The van der Waals surface area contributed by atoms with Crippen molar-refractivity contribution in [2.75, 3.05) is 5.73 Å². The van der Waals surface area contributed by atoms with Crippen molar-refractivity contribution in [3.8, 4) is 0 Å². The van der Waals surface area contributed by atoms with Crippen LogP contribution in [0.1, 0.15) is 38.2 Å². The topological polar surface area (TPSA) is 26.0 Å². The highest BCUT2D eigenvalue weighted by Crippen LogP contribution is 2.52. The molecule has 1 aromatic rings. The zero-order valence-corrected chi connectivity index (χ0v) is 9.47. The van der Waals surface area contributed by atoms with Crippen LogP contribution in [0.2, 0.25) is 0 Å². The van der Waals surface area contributed by atoms with E-state index in [9.17, 15) is 8.78 Å². The highest BCUT2D eigenvalue weighted by Gasteiger charge is 2.53. The van der Waals surface area contributed by atoms with Gasteiger partial charge in [0.15, 0.2) is 0 Å². The third-order valence-electron chi connectivity index (χ3n) is 3.77. The number of alkyl halides is 2. The summed E-state index contributed by atoms with van der Waals surface area (Å²) in [7, 11) is 0. The second kappa shape index (κ2) is 3.72. The van der Waals surface area contributed by atoms with Crippen molar-refractivity contribution in [1.82, 2.24) is 0 Å². The molecule has 1 fully saturated rings. The Morgan fingerprint density at radius 3 is 2.25 bits per heavy atom. The number of nitrogen functional groups attached to an aromatic ring is 1. The Morgan fingerprint density at radius 1 is 1.19 bits per heavy atom. The molecule has 2 rings (SSSR count). The fourth-order valence-electron chi connectivity index (χ4n) is 2.86. The zero-order valence-electron chi connectivity index (χ0n) is 9.47. The summed E-state index contributed by atoms with van der Waals surface area (Å²) in [6.07, 6.45) is 2.78. The van der Waals surface area contributed by atoms with Crippen molar-refractivity contribution in [2.45, 2.75) is 43.9 Å². The van der Waals surface area contributed by atoms with Crippen LogP contribution < -0.4 is 5.73 Å². The van der Waals surface area contributed by atoms with Crippen LogP contribution in [0, 0.1) is 0 Å². The Bertz CT molecular complexity index is 376. The number of anilines is 1. The maximum atomic E-state index is 13.9. The molecular formula is C13H17F2N. The first-order valence-corrected chi connectivity index (χ1v) is 5.70. The summed E-state index contributed by atoms with van der Waals surface area (Å²) in [6.45, 7) is 1.02. The predicted octanol–water partition coefficient (Wildman–Crippen LogP) is 3.74. The van der Waals surface area contributed by atoms with Crippen LogP contribution in [0.5, 0.6) is 0 Å². The summed E-state index contributed by atoms with van der Waals surface area (Å²) in [4.78, 5) is 0. The van der Waals surface area contributed by atoms with Gasteiger partial charge in [-0.05, 0) is 24.5 Å². The van der Waals surface area contributed by atoms with E-state index >= 15 is 0 Å². The number of benzene rings is 1. The second-order valence-electron chi connectivity index (χ2n) is 4.76. The molecule has 1 aromatic carbocycles. The van der Waals surface area contributed by atoms with E-state index < -0.39 is 11.3 Å². The number of hydrogen-bond donors (Lipinski definition) is 1. The maximum Gasteiger partial charge on any atom is 0.254 e. The molecule has 0 aromatic heterocycles. The van der Waals surface area contributed by atoms with Crippen molar-refractivity contribution in [1.29, 1.82) is 0 Å². The Hall–Kier alpha value is -1.12. The number of hydrogen-bond acceptors (Lipinski definition) is 1. The van der Waals surface area contributed by atoms with Gasteiger partial charge in [-0.15, -0.1) is 0 Å². The van der Waals surface area contributed by atoms with E-state index in [1.54, 1.807) is 24.3 Å². The standard InChI is InChI=1S/C13H17F2N/c1-12(14,15)13(8-4-5-9-13)10-6-2-3-7-11(10)16/h2-3,6-7H,4-5,8-9,16H2,1H3. The lowest BCUT2D eigenvalue weighted by atomic mass is 9.73. The van der Waals surface area contributed by atoms with E-state index in [0.717, 1.165) is 19.8 Å². The number of nitrogens with two attached hydrogens (primary N) is 1. The Kier molecular flexibility index (Phi) is 2.64. The van der Waals surface area contributed by atoms with Gasteiger partial charge < -0.3 is 5.73 Å². The Balaban J connectivity index is 2.53. The quantitative estimate of drug-likeness (QED) is 0.762. The first-order valence-electron chi connectivity index (χ1n) is 5.70. The Labute approximate surface area is 94.7 Å². The molecule has 0 spiro atoms. The summed E-state index contributed by atoms with van der Waals surface area (Å²) >= 11 is 0. The first kappa shape index (κ1) is 11.4. The Morgan fingerprint density at radius 2 is 1.75 bits per heavy atom. The van der Waals surface area contributed by atoms with Gasteiger partial charge in [-0.1, -0.05) is 31.0 Å². The van der Waals surface area contributed by atoms with E-state index in [0.29, 0.717) is 24.1 Å². The molecule has 1 saturated carbocycles. The van der Waals surface area contributed by atoms with Crippen molar-refractivity contribution in [3.63, 3.8) is 0 Å². The van der Waals surface area contributed by atoms with Gasteiger partial charge in [0.25, 0.3) is 5.92 Å². The minimum Gasteiger partial charge on any atom is -0.398 e. The van der Waals surface area contributed by atoms with Gasteiger partial charge in [0, 0.05) is 12.6 Å². The fraction of sp³-hybridized carbons (Fsp3) is 0.538. The molecule has 1 aliphatic carbocycles. The molecule has 0 amide bonds. The molecule has 0 saturated heterocycles. The molecule has 1 nitrogen and oxygen atoms in total. The van der Waals surface area contributed by atoms with Crippen LogP contribution in [0.4, 0.5) is 14.5 Å². The van der Waals surface area contributed by atoms with Crippen molar-refractivity contribution in [3.05, 3.63) is 29.8 Å². The minimum atomic E-state index is -2.71. The zero-order chi connectivity index (χ0) is 11.8. The molecule has 0 radical (unpaired) electrons. The number of para-hydroxylation sites is 1. The molecule has 88 valence electrons. The molecule has 2 N–H and O–H groups in total. The summed E-state index contributed by atoms with van der Waals surface area (Å²) in [5, 5.41) is 0. The van der Waals surface area contributed by atoms with Gasteiger partial charge in [-0.3, -0.25) is 0 Å². The van der Waals surface area contributed by atoms with Crippen LogP contribution in [-0.4, -0.2) is 5.92 Å². The summed E-state index contributed by atoms with van der Waals surface area (Å²) in [6, 6.07) is 7.03. The molecule has 0 heterocycles. The summed E-state index contributed by atoms with van der Waals surface area (Å²) in [5.41, 5.74) is 5.92. The van der Waals surface area contributed by atoms with Gasteiger partial charge in [-0.25, -0.2) is 8.78 Å². The van der Waals surface area contributed by atoms with Crippen LogP contribution in [0.3, 0.4) is 0 Å². The van der Waals surface area contributed by atoms with E-state index in [1.807, 2.05) is 0 Å². The molecule has 3 heteroatoms. The van der Waals surface area contributed by atoms with E-state index in [4.69, 9.17) is 5.73 Å². The van der Waals surface area contributed by atoms with Gasteiger partial charge in [0.1, 0.15) is 0 Å². The first-order chi connectivity index (χ1) is 7.47. The van der Waals surface area contributed by atoms with E-state index in [1.165, 1.54) is 0 Å².